The van der Waals surface area contributed by atoms with Crippen LogP contribution in [0.4, 0.5) is 16.2 Å². The van der Waals surface area contributed by atoms with E-state index in [-0.39, 0.29) is 17.8 Å². The van der Waals surface area contributed by atoms with E-state index in [1.165, 1.54) is 24.2 Å². The number of hydrogen-bond acceptors (Lipinski definition) is 4. The average molecular weight is 441 g/mol. The molecule has 0 aliphatic carbocycles. The van der Waals surface area contributed by atoms with E-state index in [0.29, 0.717) is 29.2 Å². The van der Waals surface area contributed by atoms with Crippen molar-refractivity contribution in [3.63, 3.8) is 0 Å². The standard InChI is InChI=1S/C23H28N4O3S/c28-21(19-7-5-15-27(19)22(29)20-8-6-16-31-20)24-17-9-11-18(12-10-17)25-23(30)26-13-3-1-2-4-14-26/h6,8-12,16,19H,1-5,7,13-15H2,(H,24,28)(H,25,30)/t19-/m0/s1. The van der Waals surface area contributed by atoms with Crippen molar-refractivity contribution in [1.82, 2.24) is 9.80 Å². The Balaban J connectivity index is 1.33. The fourth-order valence-electron chi connectivity index (χ4n) is 4.16. The van der Waals surface area contributed by atoms with Gasteiger partial charge >= 0.3 is 6.03 Å². The van der Waals surface area contributed by atoms with Crippen LogP contribution in [-0.4, -0.2) is 53.3 Å². The van der Waals surface area contributed by atoms with E-state index >= 15 is 0 Å². The van der Waals surface area contributed by atoms with Crippen molar-refractivity contribution >= 4 is 40.6 Å². The molecule has 0 radical (unpaired) electrons. The number of carbonyl (C=O) groups excluding carboxylic acids is 3. The lowest BCUT2D eigenvalue weighted by atomic mass is 10.2. The number of urea groups is 1. The Kier molecular flexibility index (Phi) is 6.86. The predicted molar refractivity (Wildman–Crippen MR) is 123 cm³/mol. The molecule has 1 atom stereocenters. The van der Waals surface area contributed by atoms with Crippen LogP contribution in [0.1, 0.15) is 48.2 Å². The third kappa shape index (κ3) is 5.25. The third-order valence-corrected chi connectivity index (χ3v) is 6.70. The van der Waals surface area contributed by atoms with Crippen LogP contribution in [0.3, 0.4) is 0 Å². The molecule has 164 valence electrons. The van der Waals surface area contributed by atoms with E-state index in [9.17, 15) is 14.4 Å². The highest BCUT2D eigenvalue weighted by atomic mass is 32.1. The molecule has 2 aliphatic heterocycles. The van der Waals surface area contributed by atoms with Crippen LogP contribution >= 0.6 is 11.3 Å². The van der Waals surface area contributed by atoms with Gasteiger partial charge in [-0.1, -0.05) is 18.9 Å². The van der Waals surface area contributed by atoms with E-state index in [1.54, 1.807) is 35.2 Å². The highest BCUT2D eigenvalue weighted by molar-refractivity contribution is 7.12. The first kappa shape index (κ1) is 21.4. The van der Waals surface area contributed by atoms with Gasteiger partial charge in [0, 0.05) is 31.0 Å². The molecule has 3 heterocycles. The Morgan fingerprint density at radius 1 is 0.839 bits per heavy atom. The Morgan fingerprint density at radius 2 is 1.52 bits per heavy atom. The van der Waals surface area contributed by atoms with E-state index in [0.717, 1.165) is 32.4 Å². The second-order valence-electron chi connectivity index (χ2n) is 8.03. The number of likely N-dealkylation sites (tertiary alicyclic amines) is 2. The Labute approximate surface area is 186 Å². The van der Waals surface area contributed by atoms with Crippen LogP contribution in [0.2, 0.25) is 0 Å². The maximum absolute atomic E-state index is 12.8. The normalized spacial score (nSPS) is 19.0. The van der Waals surface area contributed by atoms with Gasteiger partial charge in [-0.25, -0.2) is 4.79 Å². The van der Waals surface area contributed by atoms with Crippen LogP contribution in [0.15, 0.2) is 41.8 Å². The minimum Gasteiger partial charge on any atom is -0.326 e. The van der Waals surface area contributed by atoms with Crippen molar-refractivity contribution in [2.24, 2.45) is 0 Å². The SMILES string of the molecule is O=C(Nc1ccc(NC(=O)N2CCCCCC2)cc1)[C@@H]1CCCN1C(=O)c1cccs1. The minimum absolute atomic E-state index is 0.0765. The number of carbonyl (C=O) groups is 3. The van der Waals surface area contributed by atoms with E-state index in [2.05, 4.69) is 10.6 Å². The molecule has 2 aliphatic rings. The van der Waals surface area contributed by atoms with Crippen molar-refractivity contribution in [1.29, 1.82) is 0 Å². The van der Waals surface area contributed by atoms with Crippen LogP contribution in [-0.2, 0) is 4.79 Å². The topological polar surface area (TPSA) is 81.8 Å². The zero-order chi connectivity index (χ0) is 21.6. The van der Waals surface area contributed by atoms with Crippen LogP contribution < -0.4 is 10.6 Å². The highest BCUT2D eigenvalue weighted by Gasteiger charge is 2.34. The molecular weight excluding hydrogens is 412 g/mol. The maximum atomic E-state index is 12.8. The number of rotatable bonds is 4. The van der Waals surface area contributed by atoms with E-state index in [1.807, 2.05) is 16.3 Å². The lowest BCUT2D eigenvalue weighted by Crippen LogP contribution is -2.42. The monoisotopic (exact) mass is 440 g/mol. The molecule has 1 aromatic heterocycles. The summed E-state index contributed by atoms with van der Waals surface area (Å²) in [6.07, 6.45) is 5.92. The molecular formula is C23H28N4O3S. The summed E-state index contributed by atoms with van der Waals surface area (Å²) in [4.78, 5) is 42.2. The van der Waals surface area contributed by atoms with Crippen molar-refractivity contribution in [3.05, 3.63) is 46.7 Å². The number of benzene rings is 1. The molecule has 0 bridgehead atoms. The molecule has 7 nitrogen and oxygen atoms in total. The summed E-state index contributed by atoms with van der Waals surface area (Å²) in [7, 11) is 0. The molecule has 1 aromatic carbocycles. The minimum atomic E-state index is -0.461. The fraction of sp³-hybridized carbons (Fsp3) is 0.435. The van der Waals surface area contributed by atoms with Gasteiger partial charge < -0.3 is 20.4 Å². The molecule has 4 amide bonds. The summed E-state index contributed by atoms with van der Waals surface area (Å²) in [5, 5.41) is 7.72. The molecule has 2 saturated heterocycles. The predicted octanol–water partition coefficient (Wildman–Crippen LogP) is 4.40. The number of nitrogens with one attached hydrogen (secondary N) is 2. The molecule has 2 N–H and O–H groups in total. The Morgan fingerprint density at radius 3 is 2.16 bits per heavy atom. The zero-order valence-corrected chi connectivity index (χ0v) is 18.3. The van der Waals surface area contributed by atoms with Gasteiger partial charge in [-0.3, -0.25) is 9.59 Å². The van der Waals surface area contributed by atoms with E-state index < -0.39 is 6.04 Å². The summed E-state index contributed by atoms with van der Waals surface area (Å²) in [6, 6.07) is 10.2. The van der Waals surface area contributed by atoms with Crippen LogP contribution in [0.5, 0.6) is 0 Å². The number of nitrogens with zero attached hydrogens (tertiary/aromatic N) is 2. The quantitative estimate of drug-likeness (QED) is 0.739. The summed E-state index contributed by atoms with van der Waals surface area (Å²) in [5.74, 6) is -0.261. The molecule has 4 rings (SSSR count). The van der Waals surface area contributed by atoms with Gasteiger partial charge in [0.2, 0.25) is 5.91 Å². The lowest BCUT2D eigenvalue weighted by molar-refractivity contribution is -0.119. The highest BCUT2D eigenvalue weighted by Crippen LogP contribution is 2.24. The fourth-order valence-corrected chi connectivity index (χ4v) is 4.84. The van der Waals surface area contributed by atoms with Crippen molar-refractivity contribution in [2.45, 2.75) is 44.6 Å². The molecule has 31 heavy (non-hydrogen) atoms. The Bertz CT molecular complexity index is 905. The maximum Gasteiger partial charge on any atom is 0.321 e. The van der Waals surface area contributed by atoms with Gasteiger partial charge in [-0.05, 0) is 61.4 Å². The van der Waals surface area contributed by atoms with Gasteiger partial charge in [0.15, 0.2) is 0 Å². The van der Waals surface area contributed by atoms with E-state index in [4.69, 9.17) is 0 Å². The van der Waals surface area contributed by atoms with Gasteiger partial charge in [-0.2, -0.15) is 0 Å². The van der Waals surface area contributed by atoms with Crippen molar-refractivity contribution < 1.29 is 14.4 Å². The first-order valence-electron chi connectivity index (χ1n) is 10.9. The summed E-state index contributed by atoms with van der Waals surface area (Å²) >= 11 is 1.39. The lowest BCUT2D eigenvalue weighted by Gasteiger charge is -2.23. The first-order chi connectivity index (χ1) is 15.1. The van der Waals surface area contributed by atoms with Crippen LogP contribution in [0, 0.1) is 0 Å². The molecule has 2 fully saturated rings. The number of amides is 4. The summed E-state index contributed by atoms with van der Waals surface area (Å²) in [6.45, 7) is 2.18. The molecule has 8 heteroatoms. The first-order valence-corrected chi connectivity index (χ1v) is 11.8. The number of thiophene rings is 1. The Hall–Kier alpha value is -2.87. The van der Waals surface area contributed by atoms with Gasteiger partial charge in [-0.15, -0.1) is 11.3 Å². The second-order valence-corrected chi connectivity index (χ2v) is 8.98. The molecule has 0 spiro atoms. The zero-order valence-electron chi connectivity index (χ0n) is 17.5. The number of anilines is 2. The largest absolute Gasteiger partial charge is 0.326 e. The van der Waals surface area contributed by atoms with Gasteiger partial charge in [0.1, 0.15) is 6.04 Å². The average Bonchev–Trinajstić information content (AvgIpc) is 3.42. The van der Waals surface area contributed by atoms with Gasteiger partial charge in [0.25, 0.3) is 5.91 Å². The molecule has 0 unspecified atom stereocenters. The number of hydrogen-bond donors (Lipinski definition) is 2. The molecule has 2 aromatic rings. The smallest absolute Gasteiger partial charge is 0.321 e. The van der Waals surface area contributed by atoms with Crippen LogP contribution in [0.25, 0.3) is 0 Å². The second kappa shape index (κ2) is 9.96. The molecule has 0 saturated carbocycles. The van der Waals surface area contributed by atoms with Crippen molar-refractivity contribution in [3.8, 4) is 0 Å². The van der Waals surface area contributed by atoms with Crippen molar-refractivity contribution in [2.75, 3.05) is 30.3 Å². The summed E-state index contributed by atoms with van der Waals surface area (Å²) < 4.78 is 0. The summed E-state index contributed by atoms with van der Waals surface area (Å²) in [5.41, 5.74) is 1.34. The van der Waals surface area contributed by atoms with Gasteiger partial charge in [0.05, 0.1) is 4.88 Å². The third-order valence-electron chi connectivity index (χ3n) is 5.85.